The fraction of sp³-hybridized carbons (Fsp3) is 0.778. The highest BCUT2D eigenvalue weighted by molar-refractivity contribution is 6.28. The summed E-state index contributed by atoms with van der Waals surface area (Å²) in [5, 5.41) is 8.28. The molecule has 0 radical (unpaired) electrons. The average molecular weight is 216 g/mol. The highest BCUT2D eigenvalue weighted by atomic mass is 35.5. The summed E-state index contributed by atoms with van der Waals surface area (Å²) in [6.07, 6.45) is 2.12. The quantitative estimate of drug-likeness (QED) is 0.717. The van der Waals surface area contributed by atoms with Crippen LogP contribution in [0.1, 0.15) is 25.6 Å². The van der Waals surface area contributed by atoms with Gasteiger partial charge in [-0.25, -0.2) is 0 Å². The van der Waals surface area contributed by atoms with E-state index in [0.717, 1.165) is 25.3 Å². The zero-order chi connectivity index (χ0) is 10.2. The maximum absolute atomic E-state index is 6.00. The number of nitrogens with zero attached hydrogens (tertiary/aromatic N) is 3. The lowest BCUT2D eigenvalue weighted by Gasteiger charge is -2.35. The minimum atomic E-state index is -0.0804. The van der Waals surface area contributed by atoms with Crippen molar-refractivity contribution in [3.05, 3.63) is 11.1 Å². The van der Waals surface area contributed by atoms with Crippen molar-refractivity contribution in [2.75, 3.05) is 13.2 Å². The fourth-order valence-corrected chi connectivity index (χ4v) is 2.41. The number of ether oxygens (including phenoxy) is 1. The van der Waals surface area contributed by atoms with Gasteiger partial charge in [0.05, 0.1) is 12.1 Å². The lowest BCUT2D eigenvalue weighted by molar-refractivity contribution is 0.00854. The molecular weight excluding hydrogens is 202 g/mol. The molecule has 2 heterocycles. The largest absolute Gasteiger partial charge is 0.379 e. The van der Waals surface area contributed by atoms with Crippen LogP contribution in [0.5, 0.6) is 0 Å². The van der Waals surface area contributed by atoms with Gasteiger partial charge >= 0.3 is 0 Å². The van der Waals surface area contributed by atoms with Gasteiger partial charge in [0.25, 0.3) is 0 Å². The van der Waals surface area contributed by atoms with Crippen LogP contribution in [-0.2, 0) is 10.3 Å². The Balaban J connectivity index is 2.36. The van der Waals surface area contributed by atoms with E-state index < -0.39 is 0 Å². The molecule has 4 nitrogen and oxygen atoms in total. The number of aromatic nitrogens is 3. The van der Waals surface area contributed by atoms with Crippen molar-refractivity contribution in [2.45, 2.75) is 32.2 Å². The molecule has 1 unspecified atom stereocenters. The summed E-state index contributed by atoms with van der Waals surface area (Å²) in [7, 11) is 0. The molecule has 0 amide bonds. The first-order valence-electron chi connectivity index (χ1n) is 4.79. The van der Waals surface area contributed by atoms with E-state index in [4.69, 9.17) is 16.3 Å². The second-order valence-electron chi connectivity index (χ2n) is 4.00. The highest BCUT2D eigenvalue weighted by Gasteiger charge is 2.32. The van der Waals surface area contributed by atoms with Gasteiger partial charge in [-0.3, -0.25) is 4.57 Å². The zero-order valence-electron chi connectivity index (χ0n) is 8.46. The molecule has 1 atom stereocenters. The molecule has 1 aliphatic rings. The molecule has 0 saturated carbocycles. The number of aryl methyl sites for hydroxylation is 1. The van der Waals surface area contributed by atoms with E-state index in [0.29, 0.717) is 11.9 Å². The summed E-state index contributed by atoms with van der Waals surface area (Å²) < 4.78 is 7.45. The monoisotopic (exact) mass is 215 g/mol. The Labute approximate surface area is 88.2 Å². The maximum atomic E-state index is 6.00. The Morgan fingerprint density at radius 1 is 1.50 bits per heavy atom. The van der Waals surface area contributed by atoms with Crippen LogP contribution in [0.25, 0.3) is 0 Å². The molecule has 0 aliphatic carbocycles. The van der Waals surface area contributed by atoms with Crippen molar-refractivity contribution < 1.29 is 4.74 Å². The maximum Gasteiger partial charge on any atom is 0.225 e. The third kappa shape index (κ3) is 1.53. The van der Waals surface area contributed by atoms with Gasteiger partial charge in [-0.05, 0) is 38.3 Å². The Bertz CT molecular complexity index is 311. The van der Waals surface area contributed by atoms with E-state index in [1.165, 1.54) is 0 Å². The van der Waals surface area contributed by atoms with Gasteiger partial charge in [-0.1, -0.05) is 0 Å². The third-order valence-corrected chi connectivity index (χ3v) is 2.99. The highest BCUT2D eigenvalue weighted by Crippen LogP contribution is 2.30. The van der Waals surface area contributed by atoms with Crippen LogP contribution in [0.3, 0.4) is 0 Å². The summed E-state index contributed by atoms with van der Waals surface area (Å²) in [5.41, 5.74) is -0.0804. The third-order valence-electron chi connectivity index (χ3n) is 2.74. The molecule has 0 spiro atoms. The van der Waals surface area contributed by atoms with Crippen LogP contribution < -0.4 is 0 Å². The molecule has 1 fully saturated rings. The van der Waals surface area contributed by atoms with Gasteiger partial charge < -0.3 is 4.74 Å². The first-order chi connectivity index (χ1) is 6.63. The Hall–Kier alpha value is -0.610. The summed E-state index contributed by atoms with van der Waals surface area (Å²) in [4.78, 5) is 0. The molecule has 0 bridgehead atoms. The molecule has 78 valence electrons. The second kappa shape index (κ2) is 3.51. The summed E-state index contributed by atoms with van der Waals surface area (Å²) in [5.74, 6) is 0.850. The molecule has 14 heavy (non-hydrogen) atoms. The number of rotatable bonds is 1. The normalized spacial score (nSPS) is 27.9. The SMILES string of the molecule is Cc1nnc(Cl)n1C1(C)CCCOC1. The predicted molar refractivity (Wildman–Crippen MR) is 53.5 cm³/mol. The van der Waals surface area contributed by atoms with Crippen LogP contribution >= 0.6 is 11.6 Å². The van der Waals surface area contributed by atoms with Crippen molar-refractivity contribution in [1.29, 1.82) is 0 Å². The molecule has 2 rings (SSSR count). The second-order valence-corrected chi connectivity index (χ2v) is 4.34. The first kappa shape index (κ1) is 9.93. The van der Waals surface area contributed by atoms with Gasteiger partial charge in [0, 0.05) is 6.61 Å². The molecule has 1 aromatic rings. The Morgan fingerprint density at radius 3 is 2.79 bits per heavy atom. The minimum Gasteiger partial charge on any atom is -0.379 e. The summed E-state index contributed by atoms with van der Waals surface area (Å²) in [6, 6.07) is 0. The first-order valence-corrected chi connectivity index (χ1v) is 5.17. The summed E-state index contributed by atoms with van der Waals surface area (Å²) in [6.45, 7) is 5.58. The van der Waals surface area contributed by atoms with Crippen molar-refractivity contribution in [3.8, 4) is 0 Å². The average Bonchev–Trinajstić information content (AvgIpc) is 2.48. The van der Waals surface area contributed by atoms with E-state index in [2.05, 4.69) is 17.1 Å². The molecule has 1 aliphatic heterocycles. The minimum absolute atomic E-state index is 0.0804. The van der Waals surface area contributed by atoms with Gasteiger partial charge in [0.15, 0.2) is 0 Å². The predicted octanol–water partition coefficient (Wildman–Crippen LogP) is 1.77. The van der Waals surface area contributed by atoms with Gasteiger partial charge in [-0.15, -0.1) is 10.2 Å². The van der Waals surface area contributed by atoms with Crippen molar-refractivity contribution in [1.82, 2.24) is 14.8 Å². The van der Waals surface area contributed by atoms with Crippen LogP contribution in [0, 0.1) is 6.92 Å². The summed E-state index contributed by atoms with van der Waals surface area (Å²) >= 11 is 6.00. The van der Waals surface area contributed by atoms with Crippen LogP contribution in [-0.4, -0.2) is 28.0 Å². The molecule has 1 saturated heterocycles. The number of halogens is 1. The van der Waals surface area contributed by atoms with E-state index >= 15 is 0 Å². The molecular formula is C9H14ClN3O. The van der Waals surface area contributed by atoms with E-state index in [9.17, 15) is 0 Å². The lowest BCUT2D eigenvalue weighted by atomic mass is 9.94. The van der Waals surface area contributed by atoms with Crippen molar-refractivity contribution in [3.63, 3.8) is 0 Å². The van der Waals surface area contributed by atoms with Crippen LogP contribution in [0.4, 0.5) is 0 Å². The van der Waals surface area contributed by atoms with Crippen molar-refractivity contribution in [2.24, 2.45) is 0 Å². The number of hydrogen-bond donors (Lipinski definition) is 0. The van der Waals surface area contributed by atoms with Crippen LogP contribution in [0.15, 0.2) is 0 Å². The topological polar surface area (TPSA) is 39.9 Å². The molecule has 0 N–H and O–H groups in total. The van der Waals surface area contributed by atoms with E-state index in [1.807, 2.05) is 11.5 Å². The molecule has 0 aromatic carbocycles. The Morgan fingerprint density at radius 2 is 2.29 bits per heavy atom. The van der Waals surface area contributed by atoms with Crippen LogP contribution in [0.2, 0.25) is 5.28 Å². The smallest absolute Gasteiger partial charge is 0.225 e. The molecule has 5 heteroatoms. The van der Waals surface area contributed by atoms with Crippen molar-refractivity contribution >= 4 is 11.6 Å². The Kier molecular flexibility index (Phi) is 2.49. The fourth-order valence-electron chi connectivity index (χ4n) is 2.05. The standard InChI is InChI=1S/C9H14ClN3O/c1-7-11-12-8(10)13(7)9(2)4-3-5-14-6-9/h3-6H2,1-2H3. The number of hydrogen-bond acceptors (Lipinski definition) is 3. The van der Waals surface area contributed by atoms with Gasteiger partial charge in [0.2, 0.25) is 5.28 Å². The van der Waals surface area contributed by atoms with Gasteiger partial charge in [0.1, 0.15) is 5.82 Å². The van der Waals surface area contributed by atoms with E-state index in [-0.39, 0.29) is 5.54 Å². The molecule has 1 aromatic heterocycles. The zero-order valence-corrected chi connectivity index (χ0v) is 9.21. The lowest BCUT2D eigenvalue weighted by Crippen LogP contribution is -2.39. The van der Waals surface area contributed by atoms with Gasteiger partial charge in [-0.2, -0.15) is 0 Å². The van der Waals surface area contributed by atoms with E-state index in [1.54, 1.807) is 0 Å².